The molecule has 1 saturated heterocycles. The summed E-state index contributed by atoms with van der Waals surface area (Å²) in [5.41, 5.74) is 1.63. The van der Waals surface area contributed by atoms with Crippen LogP contribution in [0.25, 0.3) is 0 Å². The van der Waals surface area contributed by atoms with Gasteiger partial charge in [0.2, 0.25) is 0 Å². The van der Waals surface area contributed by atoms with Gasteiger partial charge in [0.25, 0.3) is 5.69 Å². The molecule has 1 fully saturated rings. The Kier molecular flexibility index (Phi) is 4.74. The Hall–Kier alpha value is -1.62. The number of benzene rings is 1. The van der Waals surface area contributed by atoms with E-state index in [0.29, 0.717) is 5.56 Å². The summed E-state index contributed by atoms with van der Waals surface area (Å²) in [6.07, 6.45) is 6.04. The Balaban J connectivity index is 2.24. The van der Waals surface area contributed by atoms with E-state index in [2.05, 4.69) is 4.90 Å². The second-order valence-corrected chi connectivity index (χ2v) is 4.98. The maximum absolute atomic E-state index is 10.8. The molecule has 0 radical (unpaired) electrons. The molecular weight excluding hydrogens is 244 g/mol. The zero-order valence-electron chi connectivity index (χ0n) is 11.0. The maximum atomic E-state index is 10.8. The molecule has 0 spiro atoms. The lowest BCUT2D eigenvalue weighted by Crippen LogP contribution is -2.28. The number of nitro benzene ring substituents is 1. The van der Waals surface area contributed by atoms with E-state index in [0.717, 1.165) is 31.6 Å². The topological polar surface area (TPSA) is 66.6 Å². The van der Waals surface area contributed by atoms with E-state index < -0.39 is 4.92 Å². The van der Waals surface area contributed by atoms with E-state index in [-0.39, 0.29) is 12.3 Å². The normalized spacial score (nSPS) is 16.8. The highest BCUT2D eigenvalue weighted by Crippen LogP contribution is 2.27. The fourth-order valence-electron chi connectivity index (χ4n) is 2.61. The molecule has 1 heterocycles. The molecule has 1 aromatic rings. The van der Waals surface area contributed by atoms with Gasteiger partial charge < -0.3 is 10.0 Å². The molecule has 0 bridgehead atoms. The summed E-state index contributed by atoms with van der Waals surface area (Å²) in [5, 5.41) is 20.2. The molecule has 0 amide bonds. The lowest BCUT2D eigenvalue weighted by Gasteiger charge is -2.28. The number of nitro groups is 1. The van der Waals surface area contributed by atoms with Crippen molar-refractivity contribution in [3.8, 4) is 0 Å². The van der Waals surface area contributed by atoms with Crippen LogP contribution in [0.2, 0.25) is 0 Å². The molecule has 0 saturated carbocycles. The Bertz CT molecular complexity index is 440. The number of hydrogen-bond acceptors (Lipinski definition) is 4. The van der Waals surface area contributed by atoms with Crippen molar-refractivity contribution < 1.29 is 10.0 Å². The van der Waals surface area contributed by atoms with Gasteiger partial charge in [-0.2, -0.15) is 0 Å². The molecular formula is C14H20N2O3. The number of rotatable bonds is 3. The number of hydrogen-bond donors (Lipinski definition) is 1. The Labute approximate surface area is 113 Å². The van der Waals surface area contributed by atoms with Crippen molar-refractivity contribution in [2.24, 2.45) is 0 Å². The molecule has 5 nitrogen and oxygen atoms in total. The van der Waals surface area contributed by atoms with Crippen molar-refractivity contribution in [1.82, 2.24) is 0 Å². The van der Waals surface area contributed by atoms with Crippen LogP contribution < -0.4 is 4.90 Å². The number of anilines is 1. The summed E-state index contributed by atoms with van der Waals surface area (Å²) in [4.78, 5) is 12.6. The largest absolute Gasteiger partial charge is 0.392 e. The highest BCUT2D eigenvalue weighted by atomic mass is 16.6. The summed E-state index contributed by atoms with van der Waals surface area (Å²) >= 11 is 0. The number of aliphatic hydroxyl groups excluding tert-OH is 1. The van der Waals surface area contributed by atoms with Crippen LogP contribution in [-0.2, 0) is 6.61 Å². The maximum Gasteiger partial charge on any atom is 0.269 e. The Morgan fingerprint density at radius 2 is 1.79 bits per heavy atom. The average molecular weight is 264 g/mol. The highest BCUT2D eigenvalue weighted by molar-refractivity contribution is 5.57. The van der Waals surface area contributed by atoms with E-state index in [1.54, 1.807) is 6.07 Å². The van der Waals surface area contributed by atoms with Gasteiger partial charge in [0.05, 0.1) is 11.5 Å². The first-order chi connectivity index (χ1) is 9.22. The van der Waals surface area contributed by atoms with Gasteiger partial charge in [-0.05, 0) is 18.9 Å². The summed E-state index contributed by atoms with van der Waals surface area (Å²) in [7, 11) is 0. The molecule has 1 N–H and O–H groups in total. The molecule has 19 heavy (non-hydrogen) atoms. The first-order valence-corrected chi connectivity index (χ1v) is 6.85. The van der Waals surface area contributed by atoms with Crippen molar-refractivity contribution in [2.45, 2.75) is 38.7 Å². The fourth-order valence-corrected chi connectivity index (χ4v) is 2.61. The highest BCUT2D eigenvalue weighted by Gasteiger charge is 2.16. The molecule has 1 aliphatic rings. The van der Waals surface area contributed by atoms with Gasteiger partial charge in [-0.1, -0.05) is 19.3 Å². The van der Waals surface area contributed by atoms with Gasteiger partial charge in [0.1, 0.15) is 0 Å². The lowest BCUT2D eigenvalue weighted by molar-refractivity contribution is -0.384. The van der Waals surface area contributed by atoms with E-state index in [1.807, 2.05) is 0 Å². The molecule has 0 aromatic heterocycles. The molecule has 0 atom stereocenters. The Morgan fingerprint density at radius 1 is 1.16 bits per heavy atom. The third-order valence-electron chi connectivity index (χ3n) is 3.64. The summed E-state index contributed by atoms with van der Waals surface area (Å²) in [6, 6.07) is 4.77. The quantitative estimate of drug-likeness (QED) is 0.673. The monoisotopic (exact) mass is 264 g/mol. The predicted octanol–water partition coefficient (Wildman–Crippen LogP) is 2.86. The third-order valence-corrected chi connectivity index (χ3v) is 3.64. The molecule has 0 unspecified atom stereocenters. The lowest BCUT2D eigenvalue weighted by atomic mass is 10.1. The fraction of sp³-hybridized carbons (Fsp3) is 0.571. The van der Waals surface area contributed by atoms with Crippen molar-refractivity contribution >= 4 is 11.4 Å². The summed E-state index contributed by atoms with van der Waals surface area (Å²) < 4.78 is 0. The zero-order valence-corrected chi connectivity index (χ0v) is 11.0. The van der Waals surface area contributed by atoms with E-state index >= 15 is 0 Å². The second kappa shape index (κ2) is 6.52. The van der Waals surface area contributed by atoms with Crippen LogP contribution in [0, 0.1) is 10.1 Å². The SMILES string of the molecule is O=[N+]([O-])c1ccc(N2CCCCCCC2)c(CO)c1. The van der Waals surface area contributed by atoms with E-state index in [9.17, 15) is 15.2 Å². The summed E-state index contributed by atoms with van der Waals surface area (Å²) in [6.45, 7) is 1.77. The number of nitrogens with zero attached hydrogens (tertiary/aromatic N) is 2. The van der Waals surface area contributed by atoms with Crippen molar-refractivity contribution in [2.75, 3.05) is 18.0 Å². The van der Waals surface area contributed by atoms with E-state index in [1.165, 1.54) is 31.4 Å². The molecule has 1 aliphatic heterocycles. The van der Waals surface area contributed by atoms with Crippen LogP contribution in [0.3, 0.4) is 0 Å². The van der Waals surface area contributed by atoms with Crippen LogP contribution >= 0.6 is 0 Å². The van der Waals surface area contributed by atoms with Gasteiger partial charge in [0, 0.05) is 36.5 Å². The first-order valence-electron chi connectivity index (χ1n) is 6.85. The molecule has 1 aromatic carbocycles. The summed E-state index contributed by atoms with van der Waals surface area (Å²) in [5.74, 6) is 0. The minimum absolute atomic E-state index is 0.0415. The number of non-ortho nitro benzene ring substituents is 1. The molecule has 2 rings (SSSR count). The molecule has 5 heteroatoms. The van der Waals surface area contributed by atoms with Crippen LogP contribution in [-0.4, -0.2) is 23.1 Å². The number of aliphatic hydroxyl groups is 1. The molecule has 0 aliphatic carbocycles. The van der Waals surface area contributed by atoms with Crippen molar-refractivity contribution in [1.29, 1.82) is 0 Å². The van der Waals surface area contributed by atoms with E-state index in [4.69, 9.17) is 0 Å². The minimum Gasteiger partial charge on any atom is -0.392 e. The minimum atomic E-state index is -0.420. The van der Waals surface area contributed by atoms with Gasteiger partial charge in [-0.3, -0.25) is 10.1 Å². The Morgan fingerprint density at radius 3 is 2.37 bits per heavy atom. The third kappa shape index (κ3) is 3.44. The standard InChI is InChI=1S/C14H20N2O3/c17-11-12-10-13(16(18)19)6-7-14(12)15-8-4-2-1-3-5-9-15/h6-7,10,17H,1-5,8-9,11H2. The average Bonchev–Trinajstić information content (AvgIpc) is 2.38. The van der Waals surface area contributed by atoms with Crippen LogP contribution in [0.15, 0.2) is 18.2 Å². The van der Waals surface area contributed by atoms with Gasteiger partial charge >= 0.3 is 0 Å². The van der Waals surface area contributed by atoms with Gasteiger partial charge in [-0.15, -0.1) is 0 Å². The smallest absolute Gasteiger partial charge is 0.269 e. The predicted molar refractivity (Wildman–Crippen MR) is 74.3 cm³/mol. The van der Waals surface area contributed by atoms with Crippen LogP contribution in [0.5, 0.6) is 0 Å². The van der Waals surface area contributed by atoms with Gasteiger partial charge in [0.15, 0.2) is 0 Å². The van der Waals surface area contributed by atoms with Crippen LogP contribution in [0.1, 0.15) is 37.7 Å². The van der Waals surface area contributed by atoms with Crippen LogP contribution in [0.4, 0.5) is 11.4 Å². The second-order valence-electron chi connectivity index (χ2n) is 4.98. The van der Waals surface area contributed by atoms with Crippen molar-refractivity contribution in [3.63, 3.8) is 0 Å². The zero-order chi connectivity index (χ0) is 13.7. The first kappa shape index (κ1) is 13.8. The molecule has 104 valence electrons. The van der Waals surface area contributed by atoms with Gasteiger partial charge in [-0.25, -0.2) is 0 Å². The van der Waals surface area contributed by atoms with Crippen molar-refractivity contribution in [3.05, 3.63) is 33.9 Å².